The Morgan fingerprint density at radius 2 is 1.79 bits per heavy atom. The number of benzene rings is 3. The highest BCUT2D eigenvalue weighted by molar-refractivity contribution is 7.92. The van der Waals surface area contributed by atoms with Crippen LogP contribution in [0.4, 0.5) is 17.1 Å². The summed E-state index contributed by atoms with van der Waals surface area (Å²) in [7, 11) is -2.43. The SMILES string of the molecule is COc1ccc(C)cc1NS(=O)(=O)c1ccc(NC(=O)C=Cc2cccc([N+](=O)[O-])c2)cc1. The van der Waals surface area contributed by atoms with Crippen LogP contribution in [-0.4, -0.2) is 26.4 Å². The van der Waals surface area contributed by atoms with Gasteiger partial charge in [0.15, 0.2) is 0 Å². The van der Waals surface area contributed by atoms with Crippen LogP contribution in [0.1, 0.15) is 11.1 Å². The van der Waals surface area contributed by atoms with Crippen molar-refractivity contribution in [2.75, 3.05) is 17.1 Å². The van der Waals surface area contributed by atoms with Gasteiger partial charge in [0.25, 0.3) is 15.7 Å². The molecule has 0 fully saturated rings. The third-order valence-electron chi connectivity index (χ3n) is 4.54. The molecular formula is C23H21N3O6S. The molecule has 0 spiro atoms. The summed E-state index contributed by atoms with van der Waals surface area (Å²) in [5.74, 6) is -0.0803. The predicted molar refractivity (Wildman–Crippen MR) is 126 cm³/mol. The first-order chi connectivity index (χ1) is 15.7. The smallest absolute Gasteiger partial charge is 0.270 e. The van der Waals surface area contributed by atoms with Crippen molar-refractivity contribution in [1.29, 1.82) is 0 Å². The number of sulfonamides is 1. The molecule has 33 heavy (non-hydrogen) atoms. The molecule has 10 heteroatoms. The van der Waals surface area contributed by atoms with Gasteiger partial charge >= 0.3 is 0 Å². The number of methoxy groups -OCH3 is 1. The Balaban J connectivity index is 1.68. The predicted octanol–water partition coefficient (Wildman–Crippen LogP) is 4.36. The van der Waals surface area contributed by atoms with E-state index in [1.807, 2.05) is 13.0 Å². The molecule has 0 saturated heterocycles. The molecule has 0 bridgehead atoms. The van der Waals surface area contributed by atoms with Crippen LogP contribution in [0.2, 0.25) is 0 Å². The normalized spacial score (nSPS) is 11.2. The maximum absolute atomic E-state index is 12.7. The lowest BCUT2D eigenvalue weighted by atomic mass is 10.2. The van der Waals surface area contributed by atoms with Crippen LogP contribution in [0.3, 0.4) is 0 Å². The molecule has 3 rings (SSSR count). The molecule has 3 aromatic rings. The number of carbonyl (C=O) groups excluding carboxylic acids is 1. The number of anilines is 2. The molecule has 0 saturated carbocycles. The molecule has 170 valence electrons. The molecule has 3 aromatic carbocycles. The Morgan fingerprint density at radius 3 is 2.45 bits per heavy atom. The molecule has 0 aliphatic rings. The molecule has 0 unspecified atom stereocenters. The monoisotopic (exact) mass is 467 g/mol. The van der Waals surface area contributed by atoms with E-state index in [1.54, 1.807) is 18.2 Å². The molecule has 0 radical (unpaired) electrons. The number of hydrogen-bond donors (Lipinski definition) is 2. The quantitative estimate of drug-likeness (QED) is 0.288. The van der Waals surface area contributed by atoms with Crippen molar-refractivity contribution in [3.05, 3.63) is 94.0 Å². The first-order valence-corrected chi connectivity index (χ1v) is 11.2. The number of ether oxygens (including phenoxy) is 1. The minimum atomic E-state index is -3.88. The van der Waals surface area contributed by atoms with E-state index < -0.39 is 20.9 Å². The fourth-order valence-corrected chi connectivity index (χ4v) is 3.98. The summed E-state index contributed by atoms with van der Waals surface area (Å²) >= 11 is 0. The zero-order valence-electron chi connectivity index (χ0n) is 17.8. The second-order valence-electron chi connectivity index (χ2n) is 7.01. The Kier molecular flexibility index (Phi) is 7.09. The van der Waals surface area contributed by atoms with Crippen molar-refractivity contribution >= 4 is 39.1 Å². The Labute approximate surface area is 190 Å². The minimum Gasteiger partial charge on any atom is -0.495 e. The zero-order chi connectivity index (χ0) is 24.0. The summed E-state index contributed by atoms with van der Waals surface area (Å²) < 4.78 is 33.2. The van der Waals surface area contributed by atoms with E-state index in [-0.39, 0.29) is 10.6 Å². The summed E-state index contributed by atoms with van der Waals surface area (Å²) in [5, 5.41) is 13.4. The van der Waals surface area contributed by atoms with E-state index in [4.69, 9.17) is 4.74 Å². The average molecular weight is 468 g/mol. The van der Waals surface area contributed by atoms with Gasteiger partial charge in [0.1, 0.15) is 5.75 Å². The number of carbonyl (C=O) groups is 1. The number of nitro benzene ring substituents is 1. The van der Waals surface area contributed by atoms with Gasteiger partial charge in [-0.3, -0.25) is 19.6 Å². The lowest BCUT2D eigenvalue weighted by Crippen LogP contribution is -2.14. The summed E-state index contributed by atoms with van der Waals surface area (Å²) in [6.07, 6.45) is 2.68. The maximum Gasteiger partial charge on any atom is 0.270 e. The standard InChI is InChI=1S/C23H21N3O6S/c1-16-6-12-22(32-2)21(14-16)25-33(30,31)20-10-8-18(9-11-20)24-23(27)13-7-17-4-3-5-19(15-17)26(28)29/h3-15,25H,1-2H3,(H,24,27). The second-order valence-corrected chi connectivity index (χ2v) is 8.69. The molecule has 0 heterocycles. The van der Waals surface area contributed by atoms with Crippen LogP contribution in [0, 0.1) is 17.0 Å². The lowest BCUT2D eigenvalue weighted by molar-refractivity contribution is -0.384. The van der Waals surface area contributed by atoms with Gasteiger partial charge in [0, 0.05) is 23.9 Å². The summed E-state index contributed by atoms with van der Waals surface area (Å²) in [6, 6.07) is 16.7. The van der Waals surface area contributed by atoms with E-state index in [0.29, 0.717) is 22.7 Å². The van der Waals surface area contributed by atoms with Gasteiger partial charge in [0.05, 0.1) is 22.6 Å². The number of nitro groups is 1. The Morgan fingerprint density at radius 1 is 1.06 bits per heavy atom. The first kappa shape index (κ1) is 23.5. The first-order valence-electron chi connectivity index (χ1n) is 9.69. The third kappa shape index (κ3) is 6.17. The van der Waals surface area contributed by atoms with E-state index >= 15 is 0 Å². The minimum absolute atomic E-state index is 0.0104. The number of non-ortho nitro benzene ring substituents is 1. The van der Waals surface area contributed by atoms with E-state index in [1.165, 1.54) is 61.7 Å². The number of rotatable bonds is 8. The topological polar surface area (TPSA) is 128 Å². The lowest BCUT2D eigenvalue weighted by Gasteiger charge is -2.13. The number of hydrogen-bond acceptors (Lipinski definition) is 6. The van der Waals surface area contributed by atoms with Crippen LogP contribution >= 0.6 is 0 Å². The third-order valence-corrected chi connectivity index (χ3v) is 5.92. The van der Waals surface area contributed by atoms with Crippen LogP contribution in [0.15, 0.2) is 77.7 Å². The van der Waals surface area contributed by atoms with Crippen molar-refractivity contribution < 1.29 is 22.9 Å². The summed E-state index contributed by atoms with van der Waals surface area (Å²) in [6.45, 7) is 1.84. The van der Waals surface area contributed by atoms with Gasteiger partial charge in [-0.05, 0) is 60.5 Å². The number of aryl methyl sites for hydroxylation is 1. The van der Waals surface area contributed by atoms with Crippen molar-refractivity contribution in [2.45, 2.75) is 11.8 Å². The molecule has 0 aromatic heterocycles. The van der Waals surface area contributed by atoms with Crippen molar-refractivity contribution in [3.8, 4) is 5.75 Å². The van der Waals surface area contributed by atoms with Gasteiger partial charge in [-0.15, -0.1) is 0 Å². The van der Waals surface area contributed by atoms with E-state index in [2.05, 4.69) is 10.0 Å². The molecule has 9 nitrogen and oxygen atoms in total. The highest BCUT2D eigenvalue weighted by Crippen LogP contribution is 2.28. The fraction of sp³-hybridized carbons (Fsp3) is 0.0870. The zero-order valence-corrected chi connectivity index (χ0v) is 18.6. The highest BCUT2D eigenvalue weighted by Gasteiger charge is 2.17. The fourth-order valence-electron chi connectivity index (χ4n) is 2.92. The maximum atomic E-state index is 12.7. The molecule has 0 aliphatic heterocycles. The van der Waals surface area contributed by atoms with Crippen LogP contribution < -0.4 is 14.8 Å². The van der Waals surface area contributed by atoms with Gasteiger partial charge in [-0.25, -0.2) is 8.42 Å². The van der Waals surface area contributed by atoms with Gasteiger partial charge in [0.2, 0.25) is 5.91 Å². The van der Waals surface area contributed by atoms with Gasteiger partial charge < -0.3 is 10.1 Å². The van der Waals surface area contributed by atoms with E-state index in [0.717, 1.165) is 5.56 Å². The van der Waals surface area contributed by atoms with Gasteiger partial charge in [-0.1, -0.05) is 18.2 Å². The van der Waals surface area contributed by atoms with Crippen LogP contribution in [0.25, 0.3) is 6.08 Å². The molecule has 2 N–H and O–H groups in total. The van der Waals surface area contributed by atoms with E-state index in [9.17, 15) is 23.3 Å². The van der Waals surface area contributed by atoms with Gasteiger partial charge in [-0.2, -0.15) is 0 Å². The average Bonchev–Trinajstić information content (AvgIpc) is 2.78. The molecule has 0 aliphatic carbocycles. The van der Waals surface area contributed by atoms with Crippen molar-refractivity contribution in [2.24, 2.45) is 0 Å². The summed E-state index contributed by atoms with van der Waals surface area (Å²) in [5.41, 5.74) is 1.99. The molecule has 0 atom stereocenters. The highest BCUT2D eigenvalue weighted by atomic mass is 32.2. The number of amides is 1. The Bertz CT molecular complexity index is 1320. The van der Waals surface area contributed by atoms with Crippen LogP contribution in [0.5, 0.6) is 5.75 Å². The largest absolute Gasteiger partial charge is 0.495 e. The molecular weight excluding hydrogens is 446 g/mol. The second kappa shape index (κ2) is 9.96. The Hall–Kier alpha value is -4.18. The number of nitrogens with one attached hydrogen (secondary N) is 2. The molecule has 1 amide bonds. The van der Waals surface area contributed by atoms with Crippen molar-refractivity contribution in [3.63, 3.8) is 0 Å². The van der Waals surface area contributed by atoms with Crippen LogP contribution in [-0.2, 0) is 14.8 Å². The van der Waals surface area contributed by atoms with Crippen molar-refractivity contribution in [1.82, 2.24) is 0 Å². The summed E-state index contributed by atoms with van der Waals surface area (Å²) in [4.78, 5) is 22.5. The number of nitrogens with zero attached hydrogens (tertiary/aromatic N) is 1.